The van der Waals surface area contributed by atoms with Gasteiger partial charge in [-0.3, -0.25) is 9.69 Å². The molecule has 0 bridgehead atoms. The van der Waals surface area contributed by atoms with Gasteiger partial charge in [0.05, 0.1) is 26.4 Å². The van der Waals surface area contributed by atoms with Crippen molar-refractivity contribution in [2.45, 2.75) is 13.0 Å². The molecule has 2 N–H and O–H groups in total. The Hall–Kier alpha value is -1.18. The topological polar surface area (TPSA) is 91.1 Å². The molecular formula is C11H20N2O5. The average molecular weight is 260 g/mol. The lowest BCUT2D eigenvalue weighted by Gasteiger charge is -2.33. The van der Waals surface area contributed by atoms with Gasteiger partial charge in [0.1, 0.15) is 12.6 Å². The minimum Gasteiger partial charge on any atom is -0.464 e. The summed E-state index contributed by atoms with van der Waals surface area (Å²) >= 11 is 0. The molecule has 0 aromatic rings. The zero-order valence-electron chi connectivity index (χ0n) is 10.6. The van der Waals surface area contributed by atoms with Gasteiger partial charge in [-0.2, -0.15) is 0 Å². The Labute approximate surface area is 106 Å². The van der Waals surface area contributed by atoms with Crippen LogP contribution in [-0.2, 0) is 23.8 Å². The van der Waals surface area contributed by atoms with E-state index in [0.717, 1.165) is 0 Å². The number of carbonyl (C=O) groups excluding carboxylic acids is 2. The van der Waals surface area contributed by atoms with Gasteiger partial charge in [0.25, 0.3) is 0 Å². The van der Waals surface area contributed by atoms with Crippen LogP contribution in [0.25, 0.3) is 0 Å². The number of ether oxygens (including phenoxy) is 3. The summed E-state index contributed by atoms with van der Waals surface area (Å²) in [5, 5.41) is 0. The number of esters is 1. The van der Waals surface area contributed by atoms with Gasteiger partial charge in [-0.05, 0) is 6.92 Å². The van der Waals surface area contributed by atoms with Crippen LogP contribution in [0.2, 0.25) is 0 Å². The Balaban J connectivity index is 2.20. The van der Waals surface area contributed by atoms with Crippen molar-refractivity contribution in [1.82, 2.24) is 4.90 Å². The molecule has 104 valence electrons. The second-order valence-corrected chi connectivity index (χ2v) is 3.89. The highest BCUT2D eigenvalue weighted by atomic mass is 16.6. The zero-order valence-corrected chi connectivity index (χ0v) is 10.6. The van der Waals surface area contributed by atoms with Gasteiger partial charge in [-0.15, -0.1) is 0 Å². The van der Waals surface area contributed by atoms with Crippen LogP contribution in [0, 0.1) is 0 Å². The zero-order chi connectivity index (χ0) is 13.4. The summed E-state index contributed by atoms with van der Waals surface area (Å²) in [6.45, 7) is 4.42. The summed E-state index contributed by atoms with van der Waals surface area (Å²) in [6.07, 6.45) is 0. The molecule has 1 atom stereocenters. The van der Waals surface area contributed by atoms with E-state index in [0.29, 0.717) is 39.5 Å². The van der Waals surface area contributed by atoms with Crippen LogP contribution in [0.3, 0.4) is 0 Å². The molecule has 1 fully saturated rings. The lowest BCUT2D eigenvalue weighted by atomic mass is 10.2. The Morgan fingerprint density at radius 3 is 2.94 bits per heavy atom. The molecule has 1 aliphatic rings. The predicted octanol–water partition coefficient (Wildman–Crippen LogP) is -1.25. The fraction of sp³-hybridized carbons (Fsp3) is 0.818. The normalized spacial score (nSPS) is 20.6. The first-order chi connectivity index (χ1) is 8.65. The average Bonchev–Trinajstić information content (AvgIpc) is 2.35. The number of nitrogens with two attached hydrogens (primary N) is 1. The maximum absolute atomic E-state index is 11.2. The van der Waals surface area contributed by atoms with E-state index in [4.69, 9.17) is 19.9 Å². The summed E-state index contributed by atoms with van der Waals surface area (Å²) in [4.78, 5) is 24.1. The highest BCUT2D eigenvalue weighted by Crippen LogP contribution is 2.05. The number of hydrogen-bond donors (Lipinski definition) is 1. The van der Waals surface area contributed by atoms with E-state index in [-0.39, 0.29) is 12.6 Å². The first-order valence-electron chi connectivity index (χ1n) is 5.99. The number of rotatable bonds is 7. The van der Waals surface area contributed by atoms with Gasteiger partial charge in [-0.25, -0.2) is 4.79 Å². The van der Waals surface area contributed by atoms with Crippen molar-refractivity contribution < 1.29 is 23.8 Å². The molecule has 7 heteroatoms. The van der Waals surface area contributed by atoms with E-state index in [9.17, 15) is 9.59 Å². The molecule has 1 unspecified atom stereocenters. The molecule has 1 saturated heterocycles. The molecule has 0 aliphatic carbocycles. The first kappa shape index (κ1) is 14.9. The van der Waals surface area contributed by atoms with Crippen molar-refractivity contribution >= 4 is 11.9 Å². The number of amides is 1. The van der Waals surface area contributed by atoms with Crippen molar-refractivity contribution in [1.29, 1.82) is 0 Å². The highest BCUT2D eigenvalue weighted by molar-refractivity contribution is 5.80. The molecule has 1 amide bonds. The summed E-state index contributed by atoms with van der Waals surface area (Å²) in [5.74, 6) is -0.786. The third-order valence-electron chi connectivity index (χ3n) is 2.62. The van der Waals surface area contributed by atoms with Crippen LogP contribution in [0.4, 0.5) is 0 Å². The van der Waals surface area contributed by atoms with Gasteiger partial charge in [0.15, 0.2) is 0 Å². The molecule has 1 heterocycles. The fourth-order valence-electron chi connectivity index (χ4n) is 1.71. The van der Waals surface area contributed by atoms with E-state index in [1.54, 1.807) is 6.92 Å². The van der Waals surface area contributed by atoms with E-state index < -0.39 is 11.9 Å². The molecule has 0 aromatic carbocycles. The predicted molar refractivity (Wildman–Crippen MR) is 62.8 cm³/mol. The Morgan fingerprint density at radius 1 is 1.50 bits per heavy atom. The second kappa shape index (κ2) is 8.02. The summed E-state index contributed by atoms with van der Waals surface area (Å²) < 4.78 is 15.1. The number of primary amides is 1. The fourth-order valence-corrected chi connectivity index (χ4v) is 1.71. The van der Waals surface area contributed by atoms with Gasteiger partial charge in [-0.1, -0.05) is 0 Å². The lowest BCUT2D eigenvalue weighted by Crippen LogP contribution is -2.53. The van der Waals surface area contributed by atoms with Gasteiger partial charge in [0, 0.05) is 13.1 Å². The molecule has 0 aromatic heterocycles. The van der Waals surface area contributed by atoms with E-state index in [1.807, 2.05) is 4.90 Å². The van der Waals surface area contributed by atoms with Gasteiger partial charge in [0.2, 0.25) is 5.91 Å². The smallest absolute Gasteiger partial charge is 0.332 e. The van der Waals surface area contributed by atoms with Crippen LogP contribution in [0.15, 0.2) is 0 Å². The molecule has 18 heavy (non-hydrogen) atoms. The molecule has 0 radical (unpaired) electrons. The molecule has 1 aliphatic heterocycles. The van der Waals surface area contributed by atoms with Crippen LogP contribution in [0.1, 0.15) is 6.92 Å². The Bertz CT molecular complexity index is 285. The van der Waals surface area contributed by atoms with Crippen molar-refractivity contribution in [2.24, 2.45) is 5.73 Å². The van der Waals surface area contributed by atoms with Gasteiger partial charge < -0.3 is 19.9 Å². The van der Waals surface area contributed by atoms with Crippen molar-refractivity contribution in [3.63, 3.8) is 0 Å². The summed E-state index contributed by atoms with van der Waals surface area (Å²) in [5.41, 5.74) is 5.27. The van der Waals surface area contributed by atoms with Crippen LogP contribution >= 0.6 is 0 Å². The molecule has 0 spiro atoms. The van der Waals surface area contributed by atoms with Crippen LogP contribution in [-0.4, -0.2) is 68.9 Å². The maximum atomic E-state index is 11.2. The monoisotopic (exact) mass is 260 g/mol. The third kappa shape index (κ3) is 4.99. The van der Waals surface area contributed by atoms with Crippen LogP contribution in [0.5, 0.6) is 0 Å². The standard InChI is InChI=1S/C11H20N2O5/c1-2-18-10(14)8-17-6-4-13-3-5-16-7-9(13)11(12)15/h9H,2-8H2,1H3,(H2,12,15). The quantitative estimate of drug-likeness (QED) is 0.454. The number of carbonyl (C=O) groups is 2. The second-order valence-electron chi connectivity index (χ2n) is 3.89. The van der Waals surface area contributed by atoms with Crippen molar-refractivity contribution in [2.75, 3.05) is 46.1 Å². The SMILES string of the molecule is CCOC(=O)COCCN1CCOCC1C(N)=O. The maximum Gasteiger partial charge on any atom is 0.332 e. The minimum absolute atomic E-state index is 0.0700. The number of hydrogen-bond acceptors (Lipinski definition) is 6. The molecule has 7 nitrogen and oxygen atoms in total. The van der Waals surface area contributed by atoms with Crippen molar-refractivity contribution in [3.8, 4) is 0 Å². The third-order valence-corrected chi connectivity index (χ3v) is 2.62. The van der Waals surface area contributed by atoms with E-state index in [1.165, 1.54) is 0 Å². The summed E-state index contributed by atoms with van der Waals surface area (Å²) in [6, 6.07) is -0.412. The van der Waals surface area contributed by atoms with E-state index in [2.05, 4.69) is 0 Å². The molecule has 1 rings (SSSR count). The Kier molecular flexibility index (Phi) is 6.63. The summed E-state index contributed by atoms with van der Waals surface area (Å²) in [7, 11) is 0. The highest BCUT2D eigenvalue weighted by Gasteiger charge is 2.27. The number of nitrogens with zero attached hydrogens (tertiary/aromatic N) is 1. The van der Waals surface area contributed by atoms with Crippen molar-refractivity contribution in [3.05, 3.63) is 0 Å². The Morgan fingerprint density at radius 2 is 2.28 bits per heavy atom. The lowest BCUT2D eigenvalue weighted by molar-refractivity contribution is -0.149. The minimum atomic E-state index is -0.412. The molecular weight excluding hydrogens is 240 g/mol. The van der Waals surface area contributed by atoms with Crippen LogP contribution < -0.4 is 5.73 Å². The number of morpholine rings is 1. The molecule has 0 saturated carbocycles. The van der Waals surface area contributed by atoms with E-state index >= 15 is 0 Å². The largest absolute Gasteiger partial charge is 0.464 e. The van der Waals surface area contributed by atoms with Gasteiger partial charge >= 0.3 is 5.97 Å². The first-order valence-corrected chi connectivity index (χ1v) is 5.99.